The first-order valence-electron chi connectivity index (χ1n) is 6.80. The van der Waals surface area contributed by atoms with Gasteiger partial charge in [-0.15, -0.1) is 0 Å². The maximum absolute atomic E-state index is 10.3. The zero-order chi connectivity index (χ0) is 17.6. The van der Waals surface area contributed by atoms with E-state index in [1.165, 1.54) is 0 Å². The van der Waals surface area contributed by atoms with Gasteiger partial charge in [0, 0.05) is 13.2 Å². The molecule has 0 aliphatic rings. The Balaban J connectivity index is 0. The number of unbranched alkanes of at least 4 members (excludes halogenated alkanes) is 4. The third-order valence-corrected chi connectivity index (χ3v) is 2.60. The van der Waals surface area contributed by atoms with Crippen LogP contribution in [0.1, 0.15) is 44.9 Å². The zero-order valence-corrected chi connectivity index (χ0v) is 12.3. The van der Waals surface area contributed by atoms with Gasteiger partial charge in [0.1, 0.15) is 0 Å². The Kier molecular flexibility index (Phi) is 13.3. The van der Waals surface area contributed by atoms with Crippen molar-refractivity contribution in [2.75, 3.05) is 13.2 Å². The minimum absolute atomic E-state index is 0.305. The maximum atomic E-state index is 10.3. The van der Waals surface area contributed by atoms with Crippen molar-refractivity contribution in [3.8, 4) is 0 Å². The summed E-state index contributed by atoms with van der Waals surface area (Å²) in [4.78, 5) is 30.5. The van der Waals surface area contributed by atoms with Crippen molar-refractivity contribution in [1.82, 2.24) is 0 Å². The van der Waals surface area contributed by atoms with Crippen LogP contribution in [0.25, 0.3) is 0 Å². The Morgan fingerprint density at radius 2 is 1.00 bits per heavy atom. The lowest BCUT2D eigenvalue weighted by molar-refractivity contribution is -0.170. The van der Waals surface area contributed by atoms with Crippen LogP contribution in [0.2, 0.25) is 0 Å². The number of carboxylic acid groups (broad SMARTS) is 3. The molecule has 9 nitrogen and oxygen atoms in total. The van der Waals surface area contributed by atoms with E-state index in [1.807, 2.05) is 0 Å². The van der Waals surface area contributed by atoms with Gasteiger partial charge in [0.2, 0.25) is 0 Å². The van der Waals surface area contributed by atoms with Crippen molar-refractivity contribution in [3.63, 3.8) is 0 Å². The van der Waals surface area contributed by atoms with Crippen LogP contribution in [0.5, 0.6) is 0 Å². The highest BCUT2D eigenvalue weighted by Gasteiger charge is 2.40. The second kappa shape index (κ2) is 13.0. The molecule has 0 saturated carbocycles. The number of hydrogen-bond donors (Lipinski definition) is 6. The number of aliphatic hydroxyl groups is 3. The van der Waals surface area contributed by atoms with E-state index < -0.39 is 36.4 Å². The fourth-order valence-electron chi connectivity index (χ4n) is 1.47. The smallest absolute Gasteiger partial charge is 0.336 e. The highest BCUT2D eigenvalue weighted by molar-refractivity contribution is 5.88. The van der Waals surface area contributed by atoms with Crippen LogP contribution < -0.4 is 0 Å². The second-order valence-electron chi connectivity index (χ2n) is 4.69. The maximum Gasteiger partial charge on any atom is 0.336 e. The highest BCUT2D eigenvalue weighted by Crippen LogP contribution is 2.15. The summed E-state index contributed by atoms with van der Waals surface area (Å²) in [6.45, 7) is 0.609. The van der Waals surface area contributed by atoms with Crippen molar-refractivity contribution in [1.29, 1.82) is 0 Å². The molecule has 0 rings (SSSR count). The molecule has 0 saturated heterocycles. The summed E-state index contributed by atoms with van der Waals surface area (Å²) < 4.78 is 0. The molecule has 0 aromatic heterocycles. The van der Waals surface area contributed by atoms with Crippen molar-refractivity contribution in [2.24, 2.45) is 0 Å². The van der Waals surface area contributed by atoms with Gasteiger partial charge in [-0.05, 0) is 12.8 Å². The fraction of sp³-hybridized carbons (Fsp3) is 0.769. The SMILES string of the molecule is O=C(O)CC(O)(CC(=O)O)C(=O)O.OCCCCCCCO. The molecule has 0 heterocycles. The van der Waals surface area contributed by atoms with E-state index in [4.69, 9.17) is 30.6 Å². The Labute approximate surface area is 127 Å². The van der Waals surface area contributed by atoms with Crippen LogP contribution in [0.4, 0.5) is 0 Å². The molecule has 0 spiro atoms. The van der Waals surface area contributed by atoms with E-state index >= 15 is 0 Å². The van der Waals surface area contributed by atoms with Crippen molar-refractivity contribution >= 4 is 17.9 Å². The number of aliphatic carboxylic acids is 3. The van der Waals surface area contributed by atoms with Crippen LogP contribution in [0, 0.1) is 0 Å². The van der Waals surface area contributed by atoms with Gasteiger partial charge in [-0.1, -0.05) is 19.3 Å². The summed E-state index contributed by atoms with van der Waals surface area (Å²) in [6, 6.07) is 0. The first-order valence-corrected chi connectivity index (χ1v) is 6.80. The van der Waals surface area contributed by atoms with Gasteiger partial charge in [-0.3, -0.25) is 9.59 Å². The van der Waals surface area contributed by atoms with Crippen LogP contribution in [-0.4, -0.2) is 67.4 Å². The lowest BCUT2D eigenvalue weighted by atomic mass is 9.96. The number of carboxylic acids is 3. The third-order valence-electron chi connectivity index (χ3n) is 2.60. The van der Waals surface area contributed by atoms with Gasteiger partial charge < -0.3 is 30.6 Å². The minimum atomic E-state index is -2.74. The van der Waals surface area contributed by atoms with E-state index in [0.29, 0.717) is 13.2 Å². The highest BCUT2D eigenvalue weighted by atomic mass is 16.4. The molecule has 0 bridgehead atoms. The predicted octanol–water partition coefficient (Wildman–Crippen LogP) is -0.327. The first-order chi connectivity index (χ1) is 10.2. The van der Waals surface area contributed by atoms with Gasteiger partial charge >= 0.3 is 17.9 Å². The lowest BCUT2D eigenvalue weighted by Crippen LogP contribution is -2.42. The molecule has 0 aromatic rings. The summed E-state index contributed by atoms with van der Waals surface area (Å²) in [6.07, 6.45) is 2.86. The number of aliphatic hydroxyl groups excluding tert-OH is 2. The standard InChI is InChI=1S/C7H16O2.C6H8O7/c8-6-4-2-1-3-5-7-9;7-3(8)1-6(13,5(11)12)2-4(9)10/h8-9H,1-7H2;13H,1-2H2,(H,7,8)(H,9,10)(H,11,12). The molecular weight excluding hydrogens is 300 g/mol. The Morgan fingerprint density at radius 1 is 0.682 bits per heavy atom. The van der Waals surface area contributed by atoms with E-state index in [1.54, 1.807) is 0 Å². The summed E-state index contributed by atoms with van der Waals surface area (Å²) >= 11 is 0. The number of rotatable bonds is 11. The van der Waals surface area contributed by atoms with E-state index in [2.05, 4.69) is 0 Å². The Hall–Kier alpha value is -1.71. The van der Waals surface area contributed by atoms with Crippen molar-refractivity contribution < 1.29 is 45.0 Å². The Morgan fingerprint density at radius 3 is 1.23 bits per heavy atom. The molecule has 0 aromatic carbocycles. The largest absolute Gasteiger partial charge is 0.481 e. The molecule has 6 N–H and O–H groups in total. The molecule has 22 heavy (non-hydrogen) atoms. The molecule has 9 heteroatoms. The van der Waals surface area contributed by atoms with Crippen LogP contribution in [0.3, 0.4) is 0 Å². The predicted molar refractivity (Wildman–Crippen MR) is 74.3 cm³/mol. The first kappa shape index (κ1) is 22.6. The minimum Gasteiger partial charge on any atom is -0.481 e. The summed E-state index contributed by atoms with van der Waals surface area (Å²) in [5.74, 6) is -5.02. The van der Waals surface area contributed by atoms with Gasteiger partial charge in [0.05, 0.1) is 12.8 Å². The molecule has 0 atom stereocenters. The fourth-order valence-corrected chi connectivity index (χ4v) is 1.47. The number of hydrogen-bond acceptors (Lipinski definition) is 6. The van der Waals surface area contributed by atoms with Gasteiger partial charge in [-0.2, -0.15) is 0 Å². The molecule has 0 unspecified atom stereocenters. The van der Waals surface area contributed by atoms with E-state index in [-0.39, 0.29) is 0 Å². The second-order valence-corrected chi connectivity index (χ2v) is 4.69. The van der Waals surface area contributed by atoms with E-state index in [0.717, 1.165) is 32.1 Å². The van der Waals surface area contributed by atoms with Gasteiger partial charge in [0.25, 0.3) is 0 Å². The van der Waals surface area contributed by atoms with Crippen molar-refractivity contribution in [3.05, 3.63) is 0 Å². The van der Waals surface area contributed by atoms with E-state index in [9.17, 15) is 14.4 Å². The quantitative estimate of drug-likeness (QED) is 0.278. The molecule has 0 fully saturated rings. The zero-order valence-electron chi connectivity index (χ0n) is 12.3. The van der Waals surface area contributed by atoms with Gasteiger partial charge in [-0.25, -0.2) is 4.79 Å². The number of carbonyl (C=O) groups is 3. The molecule has 0 amide bonds. The van der Waals surface area contributed by atoms with Crippen molar-refractivity contribution in [2.45, 2.75) is 50.5 Å². The van der Waals surface area contributed by atoms with Crippen LogP contribution in [-0.2, 0) is 14.4 Å². The summed E-state index contributed by atoms with van der Waals surface area (Å²) in [5.41, 5.74) is -2.74. The summed E-state index contributed by atoms with van der Waals surface area (Å²) in [5, 5.41) is 50.6. The average Bonchev–Trinajstić information content (AvgIpc) is 2.37. The van der Waals surface area contributed by atoms with Crippen LogP contribution >= 0.6 is 0 Å². The molecule has 130 valence electrons. The average molecular weight is 324 g/mol. The molecule has 0 radical (unpaired) electrons. The normalized spacial score (nSPS) is 10.5. The lowest BCUT2D eigenvalue weighted by Gasteiger charge is -2.18. The third kappa shape index (κ3) is 13.3. The van der Waals surface area contributed by atoms with Gasteiger partial charge in [0.15, 0.2) is 5.60 Å². The van der Waals surface area contributed by atoms with Crippen LogP contribution in [0.15, 0.2) is 0 Å². The Bertz CT molecular complexity index is 318. The molecular formula is C13H24O9. The molecule has 0 aliphatic heterocycles. The molecule has 0 aliphatic carbocycles. The topological polar surface area (TPSA) is 173 Å². The monoisotopic (exact) mass is 324 g/mol. The summed E-state index contributed by atoms with van der Waals surface area (Å²) in [7, 11) is 0.